The van der Waals surface area contributed by atoms with E-state index >= 15 is 0 Å². The number of aromatic nitrogens is 1. The first-order valence-corrected chi connectivity index (χ1v) is 3.97. The fraction of sp³-hybridized carbons (Fsp3) is 0.375. The molecular weight excluding hydrogens is 195 g/mol. The predicted octanol–water partition coefficient (Wildman–Crippen LogP) is 1.18. The van der Waals surface area contributed by atoms with Crippen molar-refractivity contribution < 1.29 is 13.2 Å². The molecule has 1 heterocycles. The predicted molar refractivity (Wildman–Crippen MR) is 46.4 cm³/mol. The van der Waals surface area contributed by atoms with E-state index in [0.717, 1.165) is 6.07 Å². The summed E-state index contributed by atoms with van der Waals surface area (Å²) in [6, 6.07) is 2.20. The molecule has 0 aromatic carbocycles. The van der Waals surface area contributed by atoms with E-state index in [1.54, 1.807) is 0 Å². The van der Waals surface area contributed by atoms with Gasteiger partial charge in [0.25, 0.3) is 0 Å². The minimum absolute atomic E-state index is 0.0516. The zero-order valence-electron chi connectivity index (χ0n) is 7.30. The Hall–Kier alpha value is -1.30. The van der Waals surface area contributed by atoms with Crippen LogP contribution in [-0.2, 0) is 12.6 Å². The maximum absolute atomic E-state index is 12.2. The molecule has 1 aromatic heterocycles. The molecule has 0 saturated heterocycles. The fourth-order valence-electron chi connectivity index (χ4n) is 1.03. The summed E-state index contributed by atoms with van der Waals surface area (Å²) in [5.41, 5.74) is 9.86. The quantitative estimate of drug-likeness (QED) is 0.762. The Morgan fingerprint density at radius 1 is 1.29 bits per heavy atom. The third kappa shape index (κ3) is 2.59. The van der Waals surface area contributed by atoms with E-state index in [-0.39, 0.29) is 24.3 Å². The zero-order chi connectivity index (χ0) is 10.8. The number of pyridine rings is 1. The second-order valence-corrected chi connectivity index (χ2v) is 2.81. The first-order valence-electron chi connectivity index (χ1n) is 3.97. The standard InChI is InChI=1S/C8H10F3N3/c9-8(10,11)7-4-5(13)3-6(14-7)1-2-12/h3-4H,1-2,12H2,(H2,13,14). The summed E-state index contributed by atoms with van der Waals surface area (Å²) in [7, 11) is 0. The van der Waals surface area contributed by atoms with E-state index in [4.69, 9.17) is 11.5 Å². The Morgan fingerprint density at radius 3 is 2.43 bits per heavy atom. The van der Waals surface area contributed by atoms with E-state index in [1.165, 1.54) is 6.07 Å². The number of halogens is 3. The summed E-state index contributed by atoms with van der Waals surface area (Å²) in [4.78, 5) is 3.41. The molecule has 0 spiro atoms. The van der Waals surface area contributed by atoms with Gasteiger partial charge in [0.05, 0.1) is 0 Å². The third-order valence-corrected chi connectivity index (χ3v) is 1.59. The maximum atomic E-state index is 12.2. The molecule has 0 fully saturated rings. The molecule has 3 nitrogen and oxygen atoms in total. The van der Waals surface area contributed by atoms with Gasteiger partial charge in [0, 0.05) is 17.8 Å². The van der Waals surface area contributed by atoms with E-state index in [1.807, 2.05) is 0 Å². The number of nitrogens with zero attached hydrogens (tertiary/aromatic N) is 1. The Labute approximate surface area is 78.9 Å². The van der Waals surface area contributed by atoms with Crippen LogP contribution >= 0.6 is 0 Å². The lowest BCUT2D eigenvalue weighted by atomic mass is 10.2. The van der Waals surface area contributed by atoms with Crippen LogP contribution < -0.4 is 11.5 Å². The number of hydrogen-bond acceptors (Lipinski definition) is 3. The highest BCUT2D eigenvalue weighted by atomic mass is 19.4. The molecule has 0 bridgehead atoms. The lowest BCUT2D eigenvalue weighted by Crippen LogP contribution is -2.12. The molecule has 1 aromatic rings. The zero-order valence-corrected chi connectivity index (χ0v) is 7.30. The van der Waals surface area contributed by atoms with Crippen LogP contribution in [0.3, 0.4) is 0 Å². The van der Waals surface area contributed by atoms with Gasteiger partial charge in [0.15, 0.2) is 0 Å². The molecule has 4 N–H and O–H groups in total. The maximum Gasteiger partial charge on any atom is 0.433 e. The van der Waals surface area contributed by atoms with Crippen molar-refractivity contribution in [3.05, 3.63) is 23.5 Å². The lowest BCUT2D eigenvalue weighted by Gasteiger charge is -2.08. The normalized spacial score (nSPS) is 11.7. The molecule has 6 heteroatoms. The number of alkyl halides is 3. The minimum atomic E-state index is -4.46. The second kappa shape index (κ2) is 3.83. The van der Waals surface area contributed by atoms with Crippen molar-refractivity contribution in [1.29, 1.82) is 0 Å². The van der Waals surface area contributed by atoms with Gasteiger partial charge in [0.2, 0.25) is 0 Å². The molecule has 0 atom stereocenters. The Kier molecular flexibility index (Phi) is 2.95. The van der Waals surface area contributed by atoms with E-state index in [9.17, 15) is 13.2 Å². The van der Waals surface area contributed by atoms with Gasteiger partial charge in [-0.15, -0.1) is 0 Å². The van der Waals surface area contributed by atoms with Gasteiger partial charge < -0.3 is 11.5 Å². The molecule has 14 heavy (non-hydrogen) atoms. The molecule has 0 amide bonds. The molecule has 0 unspecified atom stereocenters. The van der Waals surface area contributed by atoms with Crippen molar-refractivity contribution in [2.75, 3.05) is 12.3 Å². The fourth-order valence-corrected chi connectivity index (χ4v) is 1.03. The Bertz CT molecular complexity index is 322. The van der Waals surface area contributed by atoms with Crippen molar-refractivity contribution >= 4 is 5.69 Å². The van der Waals surface area contributed by atoms with Gasteiger partial charge in [-0.25, -0.2) is 4.98 Å². The van der Waals surface area contributed by atoms with Crippen LogP contribution in [-0.4, -0.2) is 11.5 Å². The molecule has 0 aliphatic carbocycles. The first-order chi connectivity index (χ1) is 6.43. The number of nitrogen functional groups attached to an aromatic ring is 1. The van der Waals surface area contributed by atoms with Gasteiger partial charge >= 0.3 is 6.18 Å². The first kappa shape index (κ1) is 10.8. The molecular formula is C8H10F3N3. The van der Waals surface area contributed by atoms with E-state index < -0.39 is 11.9 Å². The summed E-state index contributed by atoms with van der Waals surface area (Å²) in [6.07, 6.45) is -4.17. The molecule has 0 aliphatic rings. The van der Waals surface area contributed by atoms with Crippen LogP contribution in [0.15, 0.2) is 12.1 Å². The highest BCUT2D eigenvalue weighted by Gasteiger charge is 2.32. The lowest BCUT2D eigenvalue weighted by molar-refractivity contribution is -0.141. The van der Waals surface area contributed by atoms with Crippen LogP contribution in [0.2, 0.25) is 0 Å². The Balaban J connectivity index is 3.07. The van der Waals surface area contributed by atoms with Crippen molar-refractivity contribution in [3.8, 4) is 0 Å². The highest BCUT2D eigenvalue weighted by Crippen LogP contribution is 2.28. The number of anilines is 1. The molecule has 0 radical (unpaired) electrons. The number of hydrogen-bond donors (Lipinski definition) is 2. The van der Waals surface area contributed by atoms with Gasteiger partial charge in [-0.2, -0.15) is 13.2 Å². The molecule has 78 valence electrons. The second-order valence-electron chi connectivity index (χ2n) is 2.81. The van der Waals surface area contributed by atoms with Crippen LogP contribution in [0.4, 0.5) is 18.9 Å². The number of rotatable bonds is 2. The summed E-state index contributed by atoms with van der Waals surface area (Å²) >= 11 is 0. The average molecular weight is 205 g/mol. The van der Waals surface area contributed by atoms with E-state index in [0.29, 0.717) is 0 Å². The van der Waals surface area contributed by atoms with Crippen molar-refractivity contribution in [3.63, 3.8) is 0 Å². The smallest absolute Gasteiger partial charge is 0.399 e. The largest absolute Gasteiger partial charge is 0.433 e. The Morgan fingerprint density at radius 2 is 1.93 bits per heavy atom. The van der Waals surface area contributed by atoms with Crippen LogP contribution in [0.5, 0.6) is 0 Å². The van der Waals surface area contributed by atoms with Crippen LogP contribution in [0, 0.1) is 0 Å². The van der Waals surface area contributed by atoms with Crippen molar-refractivity contribution in [1.82, 2.24) is 4.98 Å². The monoisotopic (exact) mass is 205 g/mol. The van der Waals surface area contributed by atoms with E-state index in [2.05, 4.69) is 4.98 Å². The van der Waals surface area contributed by atoms with Crippen LogP contribution in [0.25, 0.3) is 0 Å². The summed E-state index contributed by atoms with van der Waals surface area (Å²) in [5, 5.41) is 0. The van der Waals surface area contributed by atoms with Crippen LogP contribution in [0.1, 0.15) is 11.4 Å². The summed E-state index contributed by atoms with van der Waals surface area (Å²) in [6.45, 7) is 0.244. The summed E-state index contributed by atoms with van der Waals surface area (Å²) in [5.74, 6) is 0. The molecule has 1 rings (SSSR count). The third-order valence-electron chi connectivity index (χ3n) is 1.59. The minimum Gasteiger partial charge on any atom is -0.399 e. The highest BCUT2D eigenvalue weighted by molar-refractivity contribution is 5.41. The van der Waals surface area contributed by atoms with Gasteiger partial charge in [-0.1, -0.05) is 0 Å². The van der Waals surface area contributed by atoms with Gasteiger partial charge in [0.1, 0.15) is 5.69 Å². The average Bonchev–Trinajstić information content (AvgIpc) is 2.02. The van der Waals surface area contributed by atoms with Crippen molar-refractivity contribution in [2.24, 2.45) is 5.73 Å². The molecule has 0 aliphatic heterocycles. The van der Waals surface area contributed by atoms with Crippen molar-refractivity contribution in [2.45, 2.75) is 12.6 Å². The van der Waals surface area contributed by atoms with Gasteiger partial charge in [-0.05, 0) is 18.7 Å². The van der Waals surface area contributed by atoms with Gasteiger partial charge in [-0.3, -0.25) is 0 Å². The summed E-state index contributed by atoms with van der Waals surface area (Å²) < 4.78 is 36.7. The topological polar surface area (TPSA) is 64.9 Å². The SMILES string of the molecule is NCCc1cc(N)cc(C(F)(F)F)n1. The number of nitrogens with two attached hydrogens (primary N) is 2. The molecule has 0 saturated carbocycles.